The highest BCUT2D eigenvalue weighted by Crippen LogP contribution is 2.13. The number of benzene rings is 1. The van der Waals surface area contributed by atoms with E-state index in [0.29, 0.717) is 25.7 Å². The van der Waals surface area contributed by atoms with E-state index in [1.807, 2.05) is 24.3 Å². The third-order valence-corrected chi connectivity index (χ3v) is 2.44. The predicted octanol–water partition coefficient (Wildman–Crippen LogP) is 1.53. The lowest BCUT2D eigenvalue weighted by atomic mass is 10.2. The Bertz CT molecular complexity index is 394. The summed E-state index contributed by atoms with van der Waals surface area (Å²) in [5.74, 6) is 1.30. The van der Waals surface area contributed by atoms with Crippen LogP contribution in [0.1, 0.15) is 18.9 Å². The lowest BCUT2D eigenvalue weighted by Gasteiger charge is -2.07. The molecule has 0 aromatic heterocycles. The lowest BCUT2D eigenvalue weighted by Crippen LogP contribution is -2.32. The van der Waals surface area contributed by atoms with E-state index < -0.39 is 0 Å². The molecule has 0 saturated carbocycles. The average Bonchev–Trinajstić information content (AvgIpc) is 2.44. The number of guanidine groups is 1. The number of nitrogens with one attached hydrogen (secondary N) is 1. The third kappa shape index (κ3) is 6.67. The van der Waals surface area contributed by atoms with Gasteiger partial charge in [-0.15, -0.1) is 0 Å². The first-order valence-electron chi connectivity index (χ1n) is 6.50. The third-order valence-electron chi connectivity index (χ3n) is 2.44. The van der Waals surface area contributed by atoms with Crippen molar-refractivity contribution in [2.24, 2.45) is 10.7 Å². The van der Waals surface area contributed by atoms with Crippen LogP contribution in [0.25, 0.3) is 0 Å². The van der Waals surface area contributed by atoms with Gasteiger partial charge in [0, 0.05) is 13.7 Å². The number of aliphatic imine (C=N–C) groups is 1. The van der Waals surface area contributed by atoms with Gasteiger partial charge in [-0.3, -0.25) is 0 Å². The van der Waals surface area contributed by atoms with Gasteiger partial charge in [0.05, 0.1) is 13.2 Å². The summed E-state index contributed by atoms with van der Waals surface area (Å²) < 4.78 is 10.5. The van der Waals surface area contributed by atoms with Crippen molar-refractivity contribution in [2.75, 3.05) is 26.9 Å². The van der Waals surface area contributed by atoms with Gasteiger partial charge in [0.25, 0.3) is 0 Å². The fourth-order valence-corrected chi connectivity index (χ4v) is 1.46. The molecule has 0 fully saturated rings. The van der Waals surface area contributed by atoms with Gasteiger partial charge in [0.15, 0.2) is 5.96 Å². The van der Waals surface area contributed by atoms with Crippen molar-refractivity contribution in [2.45, 2.75) is 19.9 Å². The van der Waals surface area contributed by atoms with Crippen molar-refractivity contribution < 1.29 is 9.47 Å². The van der Waals surface area contributed by atoms with Gasteiger partial charge in [-0.1, -0.05) is 19.1 Å². The molecular formula is C14H23N3O2. The molecule has 0 unspecified atom stereocenters. The zero-order valence-corrected chi connectivity index (χ0v) is 11.7. The molecule has 0 aliphatic heterocycles. The van der Waals surface area contributed by atoms with Crippen LogP contribution in [0.5, 0.6) is 5.75 Å². The van der Waals surface area contributed by atoms with E-state index in [4.69, 9.17) is 15.2 Å². The van der Waals surface area contributed by atoms with E-state index in [-0.39, 0.29) is 0 Å². The highest BCUT2D eigenvalue weighted by molar-refractivity contribution is 5.77. The van der Waals surface area contributed by atoms with Crippen molar-refractivity contribution in [3.8, 4) is 5.75 Å². The largest absolute Gasteiger partial charge is 0.491 e. The second kappa shape index (κ2) is 9.22. The topological polar surface area (TPSA) is 68.9 Å². The first kappa shape index (κ1) is 15.3. The summed E-state index contributed by atoms with van der Waals surface area (Å²) in [5.41, 5.74) is 6.80. The highest BCUT2D eigenvalue weighted by Gasteiger charge is 1.97. The maximum atomic E-state index is 5.73. The van der Waals surface area contributed by atoms with Crippen molar-refractivity contribution in [1.82, 2.24) is 5.32 Å². The van der Waals surface area contributed by atoms with Crippen LogP contribution >= 0.6 is 0 Å². The summed E-state index contributed by atoms with van der Waals surface area (Å²) in [7, 11) is 1.65. The normalized spacial score (nSPS) is 11.4. The molecule has 5 nitrogen and oxygen atoms in total. The van der Waals surface area contributed by atoms with Crippen LogP contribution in [-0.2, 0) is 11.3 Å². The van der Waals surface area contributed by atoms with Crippen molar-refractivity contribution in [3.63, 3.8) is 0 Å². The molecular weight excluding hydrogens is 242 g/mol. The Morgan fingerprint density at radius 2 is 2.21 bits per heavy atom. The van der Waals surface area contributed by atoms with Gasteiger partial charge in [0.1, 0.15) is 12.4 Å². The molecule has 0 atom stereocenters. The molecule has 0 aliphatic carbocycles. The minimum Gasteiger partial charge on any atom is -0.491 e. The van der Waals surface area contributed by atoms with E-state index in [0.717, 1.165) is 24.3 Å². The van der Waals surface area contributed by atoms with Crippen molar-refractivity contribution >= 4 is 5.96 Å². The number of nitrogens with zero attached hydrogens (tertiary/aromatic N) is 1. The molecule has 106 valence electrons. The summed E-state index contributed by atoms with van der Waals surface area (Å²) in [4.78, 5) is 4.27. The number of hydrogen-bond donors (Lipinski definition) is 2. The van der Waals surface area contributed by atoms with Crippen LogP contribution in [0.15, 0.2) is 29.3 Å². The molecule has 0 saturated heterocycles. The lowest BCUT2D eigenvalue weighted by molar-refractivity contribution is 0.146. The standard InChI is InChI=1S/C14H23N3O2/c1-3-7-16-14(15)17-11-12-5-4-6-13(10-12)19-9-8-18-2/h4-6,10H,3,7-9,11H2,1-2H3,(H3,15,16,17). The molecule has 0 amide bonds. The molecule has 0 heterocycles. The van der Waals surface area contributed by atoms with Gasteiger partial charge < -0.3 is 20.5 Å². The Morgan fingerprint density at radius 3 is 2.95 bits per heavy atom. The SMILES string of the molecule is CCCNC(N)=NCc1cccc(OCCOC)c1. The maximum Gasteiger partial charge on any atom is 0.188 e. The average molecular weight is 265 g/mol. The molecule has 0 radical (unpaired) electrons. The van der Waals surface area contributed by atoms with E-state index in [1.54, 1.807) is 7.11 Å². The maximum absolute atomic E-state index is 5.73. The zero-order chi connectivity index (χ0) is 13.9. The molecule has 19 heavy (non-hydrogen) atoms. The molecule has 0 spiro atoms. The molecule has 0 bridgehead atoms. The monoisotopic (exact) mass is 265 g/mol. The van der Waals surface area contributed by atoms with Gasteiger partial charge in [0.2, 0.25) is 0 Å². The van der Waals surface area contributed by atoms with Crippen LogP contribution in [-0.4, -0.2) is 32.8 Å². The fraction of sp³-hybridized carbons (Fsp3) is 0.500. The van der Waals surface area contributed by atoms with Gasteiger partial charge in [-0.25, -0.2) is 4.99 Å². The number of nitrogens with two attached hydrogens (primary N) is 1. The molecule has 1 aromatic rings. The molecule has 5 heteroatoms. The Balaban J connectivity index is 2.47. The molecule has 3 N–H and O–H groups in total. The van der Waals surface area contributed by atoms with E-state index in [9.17, 15) is 0 Å². The minimum absolute atomic E-state index is 0.479. The van der Waals surface area contributed by atoms with Gasteiger partial charge >= 0.3 is 0 Å². The van der Waals surface area contributed by atoms with Crippen molar-refractivity contribution in [1.29, 1.82) is 0 Å². The molecule has 0 aliphatic rings. The molecule has 1 rings (SSSR count). The number of ether oxygens (including phenoxy) is 2. The van der Waals surface area contributed by atoms with Gasteiger partial charge in [-0.2, -0.15) is 0 Å². The van der Waals surface area contributed by atoms with Crippen LogP contribution in [0.4, 0.5) is 0 Å². The predicted molar refractivity (Wildman–Crippen MR) is 77.4 cm³/mol. The Morgan fingerprint density at radius 1 is 1.37 bits per heavy atom. The Labute approximate surface area is 114 Å². The van der Waals surface area contributed by atoms with Crippen LogP contribution < -0.4 is 15.8 Å². The number of hydrogen-bond acceptors (Lipinski definition) is 3. The second-order valence-electron chi connectivity index (χ2n) is 4.12. The minimum atomic E-state index is 0.479. The number of rotatable bonds is 8. The summed E-state index contributed by atoms with van der Waals surface area (Å²) in [6.45, 7) is 4.60. The summed E-state index contributed by atoms with van der Waals surface area (Å²) in [6, 6.07) is 7.83. The summed E-state index contributed by atoms with van der Waals surface area (Å²) in [6.07, 6.45) is 1.03. The van der Waals surface area contributed by atoms with Gasteiger partial charge in [-0.05, 0) is 24.1 Å². The van der Waals surface area contributed by atoms with E-state index >= 15 is 0 Å². The number of methoxy groups -OCH3 is 1. The van der Waals surface area contributed by atoms with E-state index in [2.05, 4.69) is 17.2 Å². The van der Waals surface area contributed by atoms with Crippen LogP contribution in [0.3, 0.4) is 0 Å². The van der Waals surface area contributed by atoms with Crippen molar-refractivity contribution in [3.05, 3.63) is 29.8 Å². The van der Waals surface area contributed by atoms with E-state index in [1.165, 1.54) is 0 Å². The second-order valence-corrected chi connectivity index (χ2v) is 4.12. The highest BCUT2D eigenvalue weighted by atomic mass is 16.5. The Hall–Kier alpha value is -1.75. The van der Waals surface area contributed by atoms with Crippen LogP contribution in [0, 0.1) is 0 Å². The summed E-state index contributed by atoms with van der Waals surface area (Å²) >= 11 is 0. The molecule has 1 aromatic carbocycles. The summed E-state index contributed by atoms with van der Waals surface area (Å²) in [5, 5.41) is 3.04. The first-order valence-corrected chi connectivity index (χ1v) is 6.50. The smallest absolute Gasteiger partial charge is 0.188 e. The zero-order valence-electron chi connectivity index (χ0n) is 11.7. The Kier molecular flexibility index (Phi) is 7.43. The fourth-order valence-electron chi connectivity index (χ4n) is 1.46. The van der Waals surface area contributed by atoms with Crippen LogP contribution in [0.2, 0.25) is 0 Å². The quantitative estimate of drug-likeness (QED) is 0.425. The first-order chi connectivity index (χ1) is 9.26.